The van der Waals surface area contributed by atoms with Crippen LogP contribution in [0.3, 0.4) is 0 Å². The van der Waals surface area contributed by atoms with Crippen molar-refractivity contribution in [3.05, 3.63) is 59.2 Å². The summed E-state index contributed by atoms with van der Waals surface area (Å²) in [5.41, 5.74) is 12.0. The second-order valence-electron chi connectivity index (χ2n) is 7.21. The Morgan fingerprint density at radius 1 is 1.00 bits per heavy atom. The monoisotopic (exact) mass is 322 g/mol. The first-order chi connectivity index (χ1) is 11.7. The molecule has 0 atom stereocenters. The fourth-order valence-electron chi connectivity index (χ4n) is 4.01. The first kappa shape index (κ1) is 16.9. The van der Waals surface area contributed by atoms with Crippen LogP contribution in [0.15, 0.2) is 42.5 Å². The first-order valence-corrected chi connectivity index (χ1v) is 9.34. The zero-order chi connectivity index (χ0) is 16.9. The highest BCUT2D eigenvalue weighted by atomic mass is 14.8. The molecule has 0 unspecified atom stereocenters. The molecule has 2 heteroatoms. The SMILES string of the molecule is CCC1CCC(c2ccc(Cc3ccc(N)cc3NC)cc2)CC1. The molecule has 2 aromatic rings. The van der Waals surface area contributed by atoms with Crippen LogP contribution in [0.5, 0.6) is 0 Å². The van der Waals surface area contributed by atoms with Crippen molar-refractivity contribution in [3.8, 4) is 0 Å². The lowest BCUT2D eigenvalue weighted by atomic mass is 9.78. The number of nitrogens with two attached hydrogens (primary N) is 1. The molecule has 2 nitrogen and oxygen atoms in total. The second-order valence-corrected chi connectivity index (χ2v) is 7.21. The summed E-state index contributed by atoms with van der Waals surface area (Å²) in [4.78, 5) is 0. The molecule has 0 aromatic heterocycles. The van der Waals surface area contributed by atoms with Gasteiger partial charge in [-0.2, -0.15) is 0 Å². The molecule has 1 saturated carbocycles. The molecule has 0 radical (unpaired) electrons. The molecule has 128 valence electrons. The zero-order valence-electron chi connectivity index (χ0n) is 15.0. The lowest BCUT2D eigenvalue weighted by molar-refractivity contribution is 0.319. The molecule has 24 heavy (non-hydrogen) atoms. The van der Waals surface area contributed by atoms with E-state index in [1.54, 1.807) is 0 Å². The molecule has 0 amide bonds. The molecule has 0 spiro atoms. The van der Waals surface area contributed by atoms with E-state index in [0.717, 1.165) is 29.6 Å². The van der Waals surface area contributed by atoms with Gasteiger partial charge in [-0.05, 0) is 72.8 Å². The zero-order valence-corrected chi connectivity index (χ0v) is 15.0. The van der Waals surface area contributed by atoms with Gasteiger partial charge in [0.2, 0.25) is 0 Å². The highest BCUT2D eigenvalue weighted by Gasteiger charge is 2.21. The Bertz CT molecular complexity index is 652. The summed E-state index contributed by atoms with van der Waals surface area (Å²) < 4.78 is 0. The Kier molecular flexibility index (Phi) is 5.44. The van der Waals surface area contributed by atoms with Crippen molar-refractivity contribution in [2.75, 3.05) is 18.1 Å². The van der Waals surface area contributed by atoms with Crippen LogP contribution in [0.2, 0.25) is 0 Å². The normalized spacial score (nSPS) is 20.8. The Morgan fingerprint density at radius 2 is 1.71 bits per heavy atom. The number of benzene rings is 2. The first-order valence-electron chi connectivity index (χ1n) is 9.34. The van der Waals surface area contributed by atoms with Crippen molar-refractivity contribution in [1.82, 2.24) is 0 Å². The molecule has 0 aliphatic heterocycles. The van der Waals surface area contributed by atoms with E-state index in [-0.39, 0.29) is 0 Å². The lowest BCUT2D eigenvalue weighted by Crippen LogP contribution is -2.12. The highest BCUT2D eigenvalue weighted by molar-refractivity contribution is 5.60. The summed E-state index contributed by atoms with van der Waals surface area (Å²) in [6.07, 6.45) is 7.82. The van der Waals surface area contributed by atoms with E-state index in [9.17, 15) is 0 Å². The Labute approximate surface area is 146 Å². The maximum atomic E-state index is 5.88. The van der Waals surface area contributed by atoms with Gasteiger partial charge in [0.15, 0.2) is 0 Å². The van der Waals surface area contributed by atoms with E-state index in [0.29, 0.717) is 0 Å². The minimum atomic E-state index is 0.770. The van der Waals surface area contributed by atoms with Crippen molar-refractivity contribution in [3.63, 3.8) is 0 Å². The fourth-order valence-corrected chi connectivity index (χ4v) is 4.01. The third kappa shape index (κ3) is 3.92. The van der Waals surface area contributed by atoms with E-state index in [1.165, 1.54) is 48.8 Å². The molecule has 0 saturated heterocycles. The van der Waals surface area contributed by atoms with Crippen LogP contribution in [0.4, 0.5) is 11.4 Å². The maximum Gasteiger partial charge on any atom is 0.0394 e. The average Bonchev–Trinajstić information content (AvgIpc) is 2.64. The lowest BCUT2D eigenvalue weighted by Gasteiger charge is -2.28. The van der Waals surface area contributed by atoms with Gasteiger partial charge in [0.05, 0.1) is 0 Å². The van der Waals surface area contributed by atoms with E-state index in [2.05, 4.69) is 42.6 Å². The summed E-state index contributed by atoms with van der Waals surface area (Å²) in [6, 6.07) is 15.4. The van der Waals surface area contributed by atoms with Crippen LogP contribution in [-0.2, 0) is 6.42 Å². The maximum absolute atomic E-state index is 5.88. The van der Waals surface area contributed by atoms with Crippen molar-refractivity contribution in [2.24, 2.45) is 5.92 Å². The third-order valence-electron chi connectivity index (χ3n) is 5.67. The molecule has 1 aliphatic carbocycles. The van der Waals surface area contributed by atoms with Crippen LogP contribution < -0.4 is 11.1 Å². The minimum absolute atomic E-state index is 0.770. The summed E-state index contributed by atoms with van der Waals surface area (Å²) >= 11 is 0. The molecule has 3 rings (SSSR count). The van der Waals surface area contributed by atoms with E-state index in [4.69, 9.17) is 5.73 Å². The summed E-state index contributed by atoms with van der Waals surface area (Å²) in [5.74, 6) is 1.73. The van der Waals surface area contributed by atoms with Gasteiger partial charge < -0.3 is 11.1 Å². The number of nitrogen functional groups attached to an aromatic ring is 1. The van der Waals surface area contributed by atoms with Crippen LogP contribution in [0.25, 0.3) is 0 Å². The van der Waals surface area contributed by atoms with Crippen LogP contribution in [0, 0.1) is 5.92 Å². The Balaban J connectivity index is 1.67. The molecule has 1 fully saturated rings. The van der Waals surface area contributed by atoms with E-state index in [1.807, 2.05) is 19.2 Å². The summed E-state index contributed by atoms with van der Waals surface area (Å²) in [7, 11) is 1.95. The molecular weight excluding hydrogens is 292 g/mol. The number of hydrogen-bond donors (Lipinski definition) is 2. The van der Waals surface area contributed by atoms with Crippen LogP contribution in [0.1, 0.15) is 61.6 Å². The summed E-state index contributed by atoms with van der Waals surface area (Å²) in [6.45, 7) is 2.33. The van der Waals surface area contributed by atoms with Gasteiger partial charge >= 0.3 is 0 Å². The van der Waals surface area contributed by atoms with Gasteiger partial charge in [-0.1, -0.05) is 43.7 Å². The topological polar surface area (TPSA) is 38.0 Å². The molecule has 3 N–H and O–H groups in total. The van der Waals surface area contributed by atoms with Gasteiger partial charge in [0.25, 0.3) is 0 Å². The van der Waals surface area contributed by atoms with Gasteiger partial charge in [-0.25, -0.2) is 0 Å². The average molecular weight is 322 g/mol. The number of rotatable bonds is 5. The predicted octanol–water partition coefficient (Wildman–Crippen LogP) is 5.59. The van der Waals surface area contributed by atoms with Gasteiger partial charge in [0, 0.05) is 18.4 Å². The highest BCUT2D eigenvalue weighted by Crippen LogP contribution is 2.37. The van der Waals surface area contributed by atoms with E-state index < -0.39 is 0 Å². The Hall–Kier alpha value is -1.96. The van der Waals surface area contributed by atoms with Crippen LogP contribution in [-0.4, -0.2) is 7.05 Å². The number of anilines is 2. The van der Waals surface area contributed by atoms with Crippen molar-refractivity contribution < 1.29 is 0 Å². The van der Waals surface area contributed by atoms with E-state index >= 15 is 0 Å². The van der Waals surface area contributed by atoms with Crippen molar-refractivity contribution in [2.45, 2.75) is 51.4 Å². The molecule has 1 aliphatic rings. The third-order valence-corrected chi connectivity index (χ3v) is 5.67. The van der Waals surface area contributed by atoms with Crippen molar-refractivity contribution >= 4 is 11.4 Å². The largest absolute Gasteiger partial charge is 0.399 e. The molecule has 0 bridgehead atoms. The minimum Gasteiger partial charge on any atom is -0.399 e. The van der Waals surface area contributed by atoms with Gasteiger partial charge in [-0.3, -0.25) is 0 Å². The van der Waals surface area contributed by atoms with Crippen molar-refractivity contribution in [1.29, 1.82) is 0 Å². The standard InChI is InChI=1S/C22H30N2/c1-3-16-4-8-18(9-5-16)19-10-6-17(7-11-19)14-20-12-13-21(23)15-22(20)24-2/h6-7,10-13,15-16,18,24H,3-5,8-9,14,23H2,1-2H3. The summed E-state index contributed by atoms with van der Waals surface area (Å²) in [5, 5.41) is 3.25. The molecular formula is C22H30N2. The smallest absolute Gasteiger partial charge is 0.0394 e. The van der Waals surface area contributed by atoms with Gasteiger partial charge in [-0.15, -0.1) is 0 Å². The molecule has 0 heterocycles. The quantitative estimate of drug-likeness (QED) is 0.705. The number of nitrogens with one attached hydrogen (secondary N) is 1. The second kappa shape index (κ2) is 7.74. The Morgan fingerprint density at radius 3 is 2.33 bits per heavy atom. The fraction of sp³-hybridized carbons (Fsp3) is 0.455. The van der Waals surface area contributed by atoms with Gasteiger partial charge in [0.1, 0.15) is 0 Å². The predicted molar refractivity (Wildman–Crippen MR) is 105 cm³/mol. The van der Waals surface area contributed by atoms with Crippen LogP contribution >= 0.6 is 0 Å². The molecule has 2 aromatic carbocycles. The number of hydrogen-bond acceptors (Lipinski definition) is 2.